The number of piperidine rings is 2. The number of halogens is 4. The quantitative estimate of drug-likeness (QED) is 0.499. The fourth-order valence-corrected chi connectivity index (χ4v) is 5.45. The predicted octanol–water partition coefficient (Wildman–Crippen LogP) is 6.16. The van der Waals surface area contributed by atoms with Crippen molar-refractivity contribution >= 4 is 40.5 Å². The number of hydrogen-bond acceptors (Lipinski definition) is 3. The predicted molar refractivity (Wildman–Crippen MR) is 130 cm³/mol. The minimum absolute atomic E-state index is 0.0251. The molecule has 1 unspecified atom stereocenters. The van der Waals surface area contributed by atoms with Gasteiger partial charge in [0.2, 0.25) is 5.91 Å². The smallest absolute Gasteiger partial charge is 0.227 e. The van der Waals surface area contributed by atoms with Crippen LogP contribution in [0.5, 0.6) is 0 Å². The van der Waals surface area contributed by atoms with Crippen molar-refractivity contribution in [2.75, 3.05) is 42.9 Å². The molecule has 0 radical (unpaired) electrons. The minimum Gasteiger partial charge on any atom is -0.384 e. The van der Waals surface area contributed by atoms with Gasteiger partial charge in [0.15, 0.2) is 0 Å². The Labute approximate surface area is 203 Å². The van der Waals surface area contributed by atoms with Crippen molar-refractivity contribution in [1.82, 2.24) is 4.90 Å². The molecular formula is C25H29Cl2F2N3O. The van der Waals surface area contributed by atoms with Crippen LogP contribution in [0.4, 0.5) is 20.2 Å². The number of rotatable bonds is 7. The van der Waals surface area contributed by atoms with Crippen LogP contribution in [0, 0.1) is 17.6 Å². The second kappa shape index (κ2) is 11.0. The van der Waals surface area contributed by atoms with E-state index in [0.717, 1.165) is 37.9 Å². The van der Waals surface area contributed by atoms with E-state index in [1.165, 1.54) is 31.4 Å². The van der Waals surface area contributed by atoms with Gasteiger partial charge in [0.25, 0.3) is 0 Å². The first-order valence-corrected chi connectivity index (χ1v) is 12.4. The highest BCUT2D eigenvalue weighted by Gasteiger charge is 2.30. The molecule has 2 heterocycles. The zero-order chi connectivity index (χ0) is 23.4. The lowest BCUT2D eigenvalue weighted by atomic mass is 9.90. The largest absolute Gasteiger partial charge is 0.384 e. The van der Waals surface area contributed by atoms with Crippen LogP contribution in [0.25, 0.3) is 0 Å². The summed E-state index contributed by atoms with van der Waals surface area (Å²) in [5.41, 5.74) is 1.76. The van der Waals surface area contributed by atoms with Crippen molar-refractivity contribution in [1.29, 1.82) is 0 Å². The summed E-state index contributed by atoms with van der Waals surface area (Å²) in [5, 5.41) is 4.20. The molecule has 1 amide bonds. The molecule has 4 nitrogen and oxygen atoms in total. The molecule has 33 heavy (non-hydrogen) atoms. The van der Waals surface area contributed by atoms with E-state index in [-0.39, 0.29) is 11.8 Å². The molecule has 2 aliphatic rings. The maximum atomic E-state index is 14.1. The highest BCUT2D eigenvalue weighted by atomic mass is 35.5. The van der Waals surface area contributed by atoms with Crippen LogP contribution >= 0.6 is 23.2 Å². The van der Waals surface area contributed by atoms with Crippen LogP contribution in [-0.4, -0.2) is 43.5 Å². The summed E-state index contributed by atoms with van der Waals surface area (Å²) >= 11 is 13.2. The lowest BCUT2D eigenvalue weighted by molar-refractivity contribution is -0.120. The number of hydrogen-bond donors (Lipinski definition) is 1. The van der Waals surface area contributed by atoms with E-state index >= 15 is 0 Å². The monoisotopic (exact) mass is 495 g/mol. The molecule has 178 valence electrons. The third kappa shape index (κ3) is 6.17. The van der Waals surface area contributed by atoms with Gasteiger partial charge in [-0.25, -0.2) is 8.78 Å². The van der Waals surface area contributed by atoms with Crippen molar-refractivity contribution < 1.29 is 13.6 Å². The van der Waals surface area contributed by atoms with Gasteiger partial charge in [-0.3, -0.25) is 4.79 Å². The van der Waals surface area contributed by atoms with Crippen molar-refractivity contribution in [2.24, 2.45) is 5.92 Å². The zero-order valence-corrected chi connectivity index (χ0v) is 20.1. The van der Waals surface area contributed by atoms with Crippen LogP contribution < -0.4 is 10.2 Å². The molecule has 2 aromatic rings. The van der Waals surface area contributed by atoms with E-state index in [1.54, 1.807) is 17.0 Å². The van der Waals surface area contributed by atoms with Gasteiger partial charge in [-0.05, 0) is 68.5 Å². The average Bonchev–Trinajstić information content (AvgIpc) is 2.78. The fourth-order valence-electron chi connectivity index (χ4n) is 4.76. The van der Waals surface area contributed by atoms with E-state index in [2.05, 4.69) is 10.2 Å². The molecule has 0 aliphatic carbocycles. The minimum atomic E-state index is -0.597. The molecule has 2 aliphatic heterocycles. The maximum absolute atomic E-state index is 14.1. The molecule has 8 heteroatoms. The van der Waals surface area contributed by atoms with Crippen molar-refractivity contribution in [3.8, 4) is 0 Å². The molecule has 2 aromatic carbocycles. The van der Waals surface area contributed by atoms with Gasteiger partial charge in [0.05, 0.1) is 15.7 Å². The van der Waals surface area contributed by atoms with Gasteiger partial charge in [-0.15, -0.1) is 0 Å². The molecule has 0 spiro atoms. The number of anilines is 2. The molecule has 0 saturated carbocycles. The first-order valence-electron chi connectivity index (χ1n) is 11.6. The lowest BCUT2D eigenvalue weighted by Gasteiger charge is -2.34. The fraction of sp³-hybridized carbons (Fsp3) is 0.480. The van der Waals surface area contributed by atoms with Crippen LogP contribution in [0.2, 0.25) is 10.0 Å². The summed E-state index contributed by atoms with van der Waals surface area (Å²) in [7, 11) is 0. The Morgan fingerprint density at radius 1 is 1.03 bits per heavy atom. The Balaban J connectivity index is 1.42. The summed E-state index contributed by atoms with van der Waals surface area (Å²) in [6.07, 6.45) is 5.20. The molecule has 2 fully saturated rings. The molecule has 0 aromatic heterocycles. The van der Waals surface area contributed by atoms with Gasteiger partial charge in [0, 0.05) is 37.8 Å². The number of amides is 1. The second-order valence-electron chi connectivity index (χ2n) is 8.97. The summed E-state index contributed by atoms with van der Waals surface area (Å²) < 4.78 is 27.3. The van der Waals surface area contributed by atoms with Gasteiger partial charge in [-0.2, -0.15) is 0 Å². The third-order valence-electron chi connectivity index (χ3n) is 6.52. The highest BCUT2D eigenvalue weighted by Crippen LogP contribution is 2.39. The van der Waals surface area contributed by atoms with Gasteiger partial charge >= 0.3 is 0 Å². The highest BCUT2D eigenvalue weighted by molar-refractivity contribution is 6.40. The molecular weight excluding hydrogens is 467 g/mol. The van der Waals surface area contributed by atoms with Crippen LogP contribution in [0.15, 0.2) is 30.3 Å². The number of likely N-dealkylation sites (tertiary alicyclic amines) is 1. The second-order valence-corrected chi connectivity index (χ2v) is 9.78. The Morgan fingerprint density at radius 2 is 1.76 bits per heavy atom. The Bertz CT molecular complexity index is 975. The first-order chi connectivity index (χ1) is 15.9. The molecule has 2 saturated heterocycles. The summed E-state index contributed by atoms with van der Waals surface area (Å²) in [6, 6.07) is 7.22. The Kier molecular flexibility index (Phi) is 8.10. The maximum Gasteiger partial charge on any atom is 0.227 e. The average molecular weight is 496 g/mol. The molecule has 0 bridgehead atoms. The van der Waals surface area contributed by atoms with Crippen molar-refractivity contribution in [3.63, 3.8) is 0 Å². The molecule has 1 N–H and O–H groups in total. The van der Waals surface area contributed by atoms with E-state index in [9.17, 15) is 13.6 Å². The Hall–Kier alpha value is -1.89. The van der Waals surface area contributed by atoms with Gasteiger partial charge < -0.3 is 15.1 Å². The lowest BCUT2D eigenvalue weighted by Crippen LogP contribution is -2.41. The Morgan fingerprint density at radius 3 is 2.45 bits per heavy atom. The standard InChI is InChI=1S/C25H29Cl2F2N3O/c26-21-14-20(30-8-11-31-9-2-1-3-10-31)15-22(27)25(21)32-16-17(4-7-24(32)33)12-18-5-6-19(28)13-23(18)29/h5-6,13-15,17,30H,1-4,7-12,16H2. The van der Waals surface area contributed by atoms with Crippen LogP contribution in [0.3, 0.4) is 0 Å². The first kappa shape index (κ1) is 24.2. The van der Waals surface area contributed by atoms with E-state index < -0.39 is 11.6 Å². The van der Waals surface area contributed by atoms with Gasteiger partial charge in [0.1, 0.15) is 11.6 Å². The number of carbonyl (C=O) groups is 1. The summed E-state index contributed by atoms with van der Waals surface area (Å²) in [5.74, 6) is -1.19. The van der Waals surface area contributed by atoms with Crippen LogP contribution in [0.1, 0.15) is 37.7 Å². The molecule has 4 rings (SSSR count). The summed E-state index contributed by atoms with van der Waals surface area (Å²) in [6.45, 7) is 4.42. The van der Waals surface area contributed by atoms with Gasteiger partial charge in [-0.1, -0.05) is 35.7 Å². The number of nitrogens with zero attached hydrogens (tertiary/aromatic N) is 2. The number of nitrogens with one attached hydrogen (secondary N) is 1. The normalized spacial score (nSPS) is 19.7. The van der Waals surface area contributed by atoms with E-state index in [4.69, 9.17) is 23.2 Å². The zero-order valence-electron chi connectivity index (χ0n) is 18.6. The summed E-state index contributed by atoms with van der Waals surface area (Å²) in [4.78, 5) is 16.8. The SMILES string of the molecule is O=C1CCC(Cc2ccc(F)cc2F)CN1c1c(Cl)cc(NCCN2CCCCC2)cc1Cl. The third-order valence-corrected chi connectivity index (χ3v) is 7.10. The van der Waals surface area contributed by atoms with Crippen molar-refractivity contribution in [2.45, 2.75) is 38.5 Å². The topological polar surface area (TPSA) is 35.6 Å². The number of carbonyl (C=O) groups excluding carboxylic acids is 1. The molecule has 1 atom stereocenters. The van der Waals surface area contributed by atoms with Crippen molar-refractivity contribution in [3.05, 3.63) is 57.6 Å². The number of benzene rings is 2. The van der Waals surface area contributed by atoms with Crippen LogP contribution in [-0.2, 0) is 11.2 Å². The van der Waals surface area contributed by atoms with E-state index in [0.29, 0.717) is 47.1 Å². The van der Waals surface area contributed by atoms with E-state index in [1.807, 2.05) is 0 Å².